The minimum Gasteiger partial charge on any atom is -0.379 e. The van der Waals surface area contributed by atoms with E-state index in [0.717, 1.165) is 11.5 Å². The van der Waals surface area contributed by atoms with Crippen LogP contribution in [0.1, 0.15) is 22.3 Å². The molecule has 7 N–H and O–H groups in total. The highest BCUT2D eigenvalue weighted by atomic mass is 32.2. The van der Waals surface area contributed by atoms with Crippen molar-refractivity contribution in [2.24, 2.45) is 17.2 Å². The van der Waals surface area contributed by atoms with Gasteiger partial charge in [-0.05, 0) is 36.1 Å². The first-order valence-electron chi connectivity index (χ1n) is 5.58. The first-order chi connectivity index (χ1) is 8.40. The lowest BCUT2D eigenvalue weighted by Crippen LogP contribution is -2.26. The lowest BCUT2D eigenvalue weighted by molar-refractivity contribution is 0.985. The van der Waals surface area contributed by atoms with Crippen molar-refractivity contribution in [2.75, 3.05) is 0 Å². The van der Waals surface area contributed by atoms with Crippen molar-refractivity contribution in [1.82, 2.24) is 0 Å². The Balaban J connectivity index is 2.79. The van der Waals surface area contributed by atoms with Gasteiger partial charge < -0.3 is 17.2 Å². The van der Waals surface area contributed by atoms with E-state index in [4.69, 9.17) is 22.6 Å². The minimum absolute atomic E-state index is 0.154. The molecule has 0 heterocycles. The lowest BCUT2D eigenvalue weighted by atomic mass is 10.0. The van der Waals surface area contributed by atoms with Gasteiger partial charge in [-0.2, -0.15) is 0 Å². The van der Waals surface area contributed by atoms with Crippen LogP contribution in [-0.2, 0) is 11.5 Å². The molecular weight excluding hydrogens is 264 g/mol. The maximum atomic E-state index is 7.23. The van der Waals surface area contributed by atoms with Crippen LogP contribution in [0.4, 0.5) is 0 Å². The number of amidine groups is 1. The van der Waals surface area contributed by atoms with Crippen LogP contribution in [0.5, 0.6) is 0 Å². The molecule has 0 aliphatic rings. The molecule has 1 rings (SSSR count). The summed E-state index contributed by atoms with van der Waals surface area (Å²) in [5.74, 6) is 1.57. The molecule has 100 valence electrons. The zero-order valence-electron chi connectivity index (χ0n) is 10.7. The molecule has 0 atom stereocenters. The van der Waals surface area contributed by atoms with E-state index >= 15 is 0 Å². The summed E-state index contributed by atoms with van der Waals surface area (Å²) in [7, 11) is 0. The van der Waals surface area contributed by atoms with E-state index < -0.39 is 0 Å². The van der Waals surface area contributed by atoms with Gasteiger partial charge in [-0.3, -0.25) is 5.41 Å². The highest BCUT2D eigenvalue weighted by molar-refractivity contribution is 8.13. The Morgan fingerprint density at radius 1 is 1.17 bits per heavy atom. The summed E-state index contributed by atoms with van der Waals surface area (Å²) in [6.07, 6.45) is 0. The van der Waals surface area contributed by atoms with Crippen molar-refractivity contribution in [3.05, 3.63) is 34.4 Å². The van der Waals surface area contributed by atoms with Crippen molar-refractivity contribution in [3.8, 4) is 0 Å². The van der Waals surface area contributed by atoms with Gasteiger partial charge in [0.15, 0.2) is 5.17 Å². The molecule has 0 fully saturated rings. The average Bonchev–Trinajstić information content (AvgIpc) is 2.27. The summed E-state index contributed by atoms with van der Waals surface area (Å²) < 4.78 is 0. The number of hydrogen-bond donors (Lipinski definition) is 4. The number of hydrogen-bond acceptors (Lipinski definition) is 5. The minimum atomic E-state index is -0.336. The van der Waals surface area contributed by atoms with Crippen molar-refractivity contribution in [1.29, 1.82) is 5.41 Å². The van der Waals surface area contributed by atoms with Gasteiger partial charge in [-0.25, -0.2) is 0 Å². The molecule has 0 unspecified atom stereocenters. The van der Waals surface area contributed by atoms with Gasteiger partial charge in [0.2, 0.25) is 0 Å². The second kappa shape index (κ2) is 7.04. The van der Waals surface area contributed by atoms with Crippen LogP contribution in [0.25, 0.3) is 0 Å². The summed E-state index contributed by atoms with van der Waals surface area (Å²) in [5, 5.41) is 7.39. The van der Waals surface area contributed by atoms with Crippen LogP contribution in [-0.4, -0.2) is 10.7 Å². The standard InChI is InChI=1S/C12H20N4S2/c1-7-3-10(6-18-12(15)16)8(2)4-9(7)5-17-11(13)14/h3-4,11H,5-6,13-14H2,1-2H3,(H3,15,16). The van der Waals surface area contributed by atoms with Gasteiger partial charge in [0.1, 0.15) is 5.50 Å². The molecule has 18 heavy (non-hydrogen) atoms. The summed E-state index contributed by atoms with van der Waals surface area (Å²) in [6.45, 7) is 4.16. The Labute approximate surface area is 117 Å². The van der Waals surface area contributed by atoms with Crippen molar-refractivity contribution >= 4 is 28.7 Å². The van der Waals surface area contributed by atoms with Crippen molar-refractivity contribution in [2.45, 2.75) is 30.9 Å². The zero-order chi connectivity index (χ0) is 13.7. The zero-order valence-corrected chi connectivity index (χ0v) is 12.3. The number of benzene rings is 1. The third-order valence-corrected chi connectivity index (χ3v) is 4.24. The maximum absolute atomic E-state index is 7.23. The molecule has 0 aromatic heterocycles. The smallest absolute Gasteiger partial charge is 0.151 e. The first kappa shape index (κ1) is 15.4. The molecule has 0 saturated carbocycles. The average molecular weight is 284 g/mol. The molecule has 0 saturated heterocycles. The molecule has 0 aliphatic carbocycles. The summed E-state index contributed by atoms with van der Waals surface area (Å²) in [5.41, 5.74) is 21.0. The Morgan fingerprint density at radius 3 is 2.11 bits per heavy atom. The van der Waals surface area contributed by atoms with Gasteiger partial charge >= 0.3 is 0 Å². The molecule has 0 radical (unpaired) electrons. The highest BCUT2D eigenvalue weighted by Gasteiger charge is 2.07. The SMILES string of the molecule is Cc1cc(CSC(N)N)c(C)cc1CSC(=N)N. The van der Waals surface area contributed by atoms with E-state index in [1.807, 2.05) is 0 Å². The quantitative estimate of drug-likeness (QED) is 0.375. The summed E-state index contributed by atoms with van der Waals surface area (Å²) in [6, 6.07) is 4.32. The number of nitrogens with two attached hydrogens (primary N) is 3. The number of thioether (sulfide) groups is 2. The van der Waals surface area contributed by atoms with E-state index in [9.17, 15) is 0 Å². The Morgan fingerprint density at radius 2 is 1.67 bits per heavy atom. The van der Waals surface area contributed by atoms with E-state index in [-0.39, 0.29) is 10.7 Å². The van der Waals surface area contributed by atoms with E-state index in [1.165, 1.54) is 45.8 Å². The monoisotopic (exact) mass is 284 g/mol. The van der Waals surface area contributed by atoms with Crippen LogP contribution in [0.3, 0.4) is 0 Å². The van der Waals surface area contributed by atoms with Gasteiger partial charge in [-0.15, -0.1) is 11.8 Å². The topological polar surface area (TPSA) is 102 Å². The fourth-order valence-corrected chi connectivity index (χ4v) is 2.89. The Kier molecular flexibility index (Phi) is 6.01. The second-order valence-corrected chi connectivity index (χ2v) is 6.32. The van der Waals surface area contributed by atoms with Crippen LogP contribution < -0.4 is 17.2 Å². The first-order valence-corrected chi connectivity index (χ1v) is 7.62. The summed E-state index contributed by atoms with van der Waals surface area (Å²) >= 11 is 2.87. The third kappa shape index (κ3) is 4.89. The molecule has 0 amide bonds. The molecule has 6 heteroatoms. The van der Waals surface area contributed by atoms with Crippen LogP contribution in [0, 0.1) is 19.3 Å². The number of aryl methyl sites for hydroxylation is 2. The fraction of sp³-hybridized carbons (Fsp3) is 0.417. The molecule has 0 aliphatic heterocycles. The lowest BCUT2D eigenvalue weighted by Gasteiger charge is -2.13. The predicted molar refractivity (Wildman–Crippen MR) is 82.6 cm³/mol. The van der Waals surface area contributed by atoms with Gasteiger partial charge in [0.25, 0.3) is 0 Å². The van der Waals surface area contributed by atoms with Crippen LogP contribution in [0.2, 0.25) is 0 Å². The fourth-order valence-electron chi connectivity index (χ4n) is 1.59. The molecule has 4 nitrogen and oxygen atoms in total. The Bertz CT molecular complexity index is 432. The van der Waals surface area contributed by atoms with Gasteiger partial charge in [-0.1, -0.05) is 23.9 Å². The van der Waals surface area contributed by atoms with Gasteiger partial charge in [0, 0.05) is 11.5 Å². The molecule has 1 aromatic carbocycles. The van der Waals surface area contributed by atoms with E-state index in [1.54, 1.807) is 0 Å². The predicted octanol–water partition coefficient (Wildman–Crippen LogP) is 1.86. The van der Waals surface area contributed by atoms with E-state index in [2.05, 4.69) is 26.0 Å². The van der Waals surface area contributed by atoms with Crippen LogP contribution >= 0.6 is 23.5 Å². The number of rotatable bonds is 5. The van der Waals surface area contributed by atoms with Crippen LogP contribution in [0.15, 0.2) is 12.1 Å². The summed E-state index contributed by atoms with van der Waals surface area (Å²) in [4.78, 5) is 0. The molecule has 1 aromatic rings. The van der Waals surface area contributed by atoms with Gasteiger partial charge in [0.05, 0.1) is 0 Å². The third-order valence-electron chi connectivity index (χ3n) is 2.61. The molecule has 0 spiro atoms. The largest absolute Gasteiger partial charge is 0.379 e. The number of nitrogens with one attached hydrogen (secondary N) is 1. The van der Waals surface area contributed by atoms with Crippen molar-refractivity contribution < 1.29 is 0 Å². The second-order valence-electron chi connectivity index (χ2n) is 4.13. The normalized spacial score (nSPS) is 10.9. The maximum Gasteiger partial charge on any atom is 0.151 e. The van der Waals surface area contributed by atoms with Crippen molar-refractivity contribution in [3.63, 3.8) is 0 Å². The van der Waals surface area contributed by atoms with E-state index in [0.29, 0.717) is 0 Å². The molecular formula is C12H20N4S2. The Hall–Kier alpha value is -0.690. The highest BCUT2D eigenvalue weighted by Crippen LogP contribution is 2.23. The molecule has 0 bridgehead atoms.